The number of likely N-dealkylation sites (N-methyl/N-ethyl adjacent to an activating group) is 1. The van der Waals surface area contributed by atoms with Crippen LogP contribution >= 0.6 is 0 Å². The summed E-state index contributed by atoms with van der Waals surface area (Å²) in [5, 5.41) is 7.46. The van der Waals surface area contributed by atoms with Crippen LogP contribution in [0.5, 0.6) is 0 Å². The molecule has 1 aliphatic rings. The molecule has 0 saturated carbocycles. The third kappa shape index (κ3) is 6.86. The number of aliphatic imine (C=N–C) groups is 1. The fourth-order valence-electron chi connectivity index (χ4n) is 3.24. The molecular weight excluding hydrogens is 345 g/mol. The third-order valence-corrected chi connectivity index (χ3v) is 4.40. The Labute approximate surface area is 153 Å². The van der Waals surface area contributed by atoms with Gasteiger partial charge in [-0.05, 0) is 38.3 Å². The number of aryl methyl sites for hydroxylation is 1. The molecule has 0 aromatic carbocycles. The minimum absolute atomic E-state index is 0.279. The highest BCUT2D eigenvalue weighted by molar-refractivity contribution is 5.80. The number of nitrogens with one attached hydrogen (secondary N) is 1. The quantitative estimate of drug-likeness (QED) is 0.584. The Morgan fingerprint density at radius 1 is 1.46 bits per heavy atom. The summed E-state index contributed by atoms with van der Waals surface area (Å²) in [4.78, 5) is 7.97. The zero-order valence-corrected chi connectivity index (χ0v) is 15.8. The lowest BCUT2D eigenvalue weighted by Gasteiger charge is -2.22. The molecule has 6 nitrogen and oxygen atoms in total. The third-order valence-electron chi connectivity index (χ3n) is 4.40. The minimum atomic E-state index is -4.17. The molecule has 1 saturated heterocycles. The van der Waals surface area contributed by atoms with Crippen molar-refractivity contribution in [3.05, 3.63) is 18.0 Å². The highest BCUT2D eigenvalue weighted by Crippen LogP contribution is 2.21. The molecule has 2 heterocycles. The first-order chi connectivity index (χ1) is 12.3. The van der Waals surface area contributed by atoms with Gasteiger partial charge in [0.05, 0.1) is 19.3 Å². The number of alkyl halides is 3. The number of halogens is 3. The van der Waals surface area contributed by atoms with E-state index in [4.69, 9.17) is 0 Å². The molecule has 1 unspecified atom stereocenters. The van der Waals surface area contributed by atoms with Crippen molar-refractivity contribution in [2.75, 3.05) is 46.3 Å². The average molecular weight is 374 g/mol. The maximum Gasteiger partial charge on any atom is 0.401 e. The zero-order valence-electron chi connectivity index (χ0n) is 15.8. The number of aromatic nitrogens is 2. The van der Waals surface area contributed by atoms with Crippen LogP contribution in [0, 0.1) is 5.92 Å². The van der Waals surface area contributed by atoms with Gasteiger partial charge in [0.25, 0.3) is 0 Å². The molecule has 1 aliphatic heterocycles. The van der Waals surface area contributed by atoms with Gasteiger partial charge in [0.15, 0.2) is 5.96 Å². The molecule has 0 spiro atoms. The van der Waals surface area contributed by atoms with Crippen molar-refractivity contribution in [3.63, 3.8) is 0 Å². The molecule has 0 amide bonds. The first kappa shape index (κ1) is 20.5. The van der Waals surface area contributed by atoms with Crippen LogP contribution in [0.15, 0.2) is 17.4 Å². The van der Waals surface area contributed by atoms with Crippen LogP contribution in [0.1, 0.15) is 18.9 Å². The second-order valence-electron chi connectivity index (χ2n) is 6.92. The molecule has 0 radical (unpaired) electrons. The van der Waals surface area contributed by atoms with Gasteiger partial charge >= 0.3 is 6.18 Å². The SMILES string of the molecule is CCNC(=NCCN(C)CC(F)(F)F)N1CCC(Cc2cnn(C)c2)C1. The van der Waals surface area contributed by atoms with Crippen LogP contribution in [0.2, 0.25) is 0 Å². The van der Waals surface area contributed by atoms with E-state index in [-0.39, 0.29) is 6.54 Å². The molecule has 1 aromatic heterocycles. The van der Waals surface area contributed by atoms with E-state index in [1.165, 1.54) is 17.5 Å². The molecule has 1 atom stereocenters. The molecule has 0 aliphatic carbocycles. The Hall–Kier alpha value is -1.77. The van der Waals surface area contributed by atoms with Gasteiger partial charge in [-0.3, -0.25) is 14.6 Å². The van der Waals surface area contributed by atoms with Gasteiger partial charge in [-0.25, -0.2) is 0 Å². The van der Waals surface area contributed by atoms with Crippen molar-refractivity contribution in [2.45, 2.75) is 25.9 Å². The summed E-state index contributed by atoms with van der Waals surface area (Å²) in [5.41, 5.74) is 1.23. The fraction of sp³-hybridized carbons (Fsp3) is 0.765. The molecule has 1 fully saturated rings. The summed E-state index contributed by atoms with van der Waals surface area (Å²) in [6.45, 7) is 4.26. The van der Waals surface area contributed by atoms with Gasteiger partial charge in [0.1, 0.15) is 0 Å². The summed E-state index contributed by atoms with van der Waals surface area (Å²) < 4.78 is 38.9. The lowest BCUT2D eigenvalue weighted by atomic mass is 10.0. The Kier molecular flexibility index (Phi) is 7.31. The van der Waals surface area contributed by atoms with Crippen molar-refractivity contribution < 1.29 is 13.2 Å². The van der Waals surface area contributed by atoms with Crippen LogP contribution in [-0.2, 0) is 13.5 Å². The van der Waals surface area contributed by atoms with E-state index in [9.17, 15) is 13.2 Å². The van der Waals surface area contributed by atoms with Gasteiger partial charge in [-0.1, -0.05) is 0 Å². The number of likely N-dealkylation sites (tertiary alicyclic amines) is 1. The first-order valence-electron chi connectivity index (χ1n) is 9.03. The molecule has 1 aromatic rings. The van der Waals surface area contributed by atoms with Crippen LogP contribution in [-0.4, -0.2) is 78.0 Å². The number of guanidine groups is 1. The maximum absolute atomic E-state index is 12.4. The van der Waals surface area contributed by atoms with Gasteiger partial charge in [-0.15, -0.1) is 0 Å². The van der Waals surface area contributed by atoms with Crippen molar-refractivity contribution in [3.8, 4) is 0 Å². The molecule has 26 heavy (non-hydrogen) atoms. The van der Waals surface area contributed by atoms with Crippen LogP contribution in [0.3, 0.4) is 0 Å². The van der Waals surface area contributed by atoms with Gasteiger partial charge in [-0.2, -0.15) is 18.3 Å². The number of hydrogen-bond acceptors (Lipinski definition) is 3. The monoisotopic (exact) mass is 374 g/mol. The van der Waals surface area contributed by atoms with E-state index in [0.29, 0.717) is 12.5 Å². The number of nitrogens with zero attached hydrogens (tertiary/aromatic N) is 5. The Balaban J connectivity index is 1.84. The lowest BCUT2D eigenvalue weighted by molar-refractivity contribution is -0.142. The highest BCUT2D eigenvalue weighted by Gasteiger charge is 2.29. The average Bonchev–Trinajstić information content (AvgIpc) is 3.14. The van der Waals surface area contributed by atoms with Crippen molar-refractivity contribution in [1.82, 2.24) is 24.9 Å². The van der Waals surface area contributed by atoms with Crippen molar-refractivity contribution in [1.29, 1.82) is 0 Å². The normalized spacial score (nSPS) is 18.8. The van der Waals surface area contributed by atoms with Crippen LogP contribution in [0.4, 0.5) is 13.2 Å². The van der Waals surface area contributed by atoms with E-state index in [1.54, 1.807) is 0 Å². The molecule has 9 heteroatoms. The predicted octanol–water partition coefficient (Wildman–Crippen LogP) is 1.74. The van der Waals surface area contributed by atoms with E-state index in [1.807, 2.05) is 31.0 Å². The largest absolute Gasteiger partial charge is 0.401 e. The molecule has 0 bridgehead atoms. The van der Waals surface area contributed by atoms with Gasteiger partial charge in [0.2, 0.25) is 0 Å². The van der Waals surface area contributed by atoms with E-state index < -0.39 is 12.7 Å². The van der Waals surface area contributed by atoms with Gasteiger partial charge < -0.3 is 10.2 Å². The van der Waals surface area contributed by atoms with Crippen LogP contribution in [0.25, 0.3) is 0 Å². The smallest absolute Gasteiger partial charge is 0.357 e. The molecule has 2 rings (SSSR count). The Bertz CT molecular complexity index is 583. The van der Waals surface area contributed by atoms with Crippen LogP contribution < -0.4 is 5.32 Å². The Morgan fingerprint density at radius 3 is 2.85 bits per heavy atom. The summed E-state index contributed by atoms with van der Waals surface area (Å²) in [7, 11) is 3.38. The Morgan fingerprint density at radius 2 is 2.23 bits per heavy atom. The topological polar surface area (TPSA) is 48.7 Å². The molecule has 1 N–H and O–H groups in total. The number of rotatable bonds is 7. The van der Waals surface area contributed by atoms with E-state index in [2.05, 4.69) is 20.3 Å². The fourth-order valence-corrected chi connectivity index (χ4v) is 3.24. The highest BCUT2D eigenvalue weighted by atomic mass is 19.4. The number of hydrogen-bond donors (Lipinski definition) is 1. The summed E-state index contributed by atoms with van der Waals surface area (Å²) in [6, 6.07) is 0. The van der Waals surface area contributed by atoms with Crippen molar-refractivity contribution >= 4 is 5.96 Å². The minimum Gasteiger partial charge on any atom is -0.357 e. The van der Waals surface area contributed by atoms with E-state index in [0.717, 1.165) is 38.4 Å². The lowest BCUT2D eigenvalue weighted by Crippen LogP contribution is -2.41. The van der Waals surface area contributed by atoms with E-state index >= 15 is 0 Å². The summed E-state index contributed by atoms with van der Waals surface area (Å²) in [6.07, 6.45) is 1.83. The zero-order chi connectivity index (χ0) is 19.2. The van der Waals surface area contributed by atoms with Gasteiger partial charge in [0, 0.05) is 39.4 Å². The van der Waals surface area contributed by atoms with Crippen molar-refractivity contribution in [2.24, 2.45) is 18.0 Å². The molecule has 148 valence electrons. The second kappa shape index (κ2) is 9.25. The second-order valence-corrected chi connectivity index (χ2v) is 6.92. The first-order valence-corrected chi connectivity index (χ1v) is 9.03. The summed E-state index contributed by atoms with van der Waals surface area (Å²) in [5.74, 6) is 1.33. The predicted molar refractivity (Wildman–Crippen MR) is 96.1 cm³/mol. The standard InChI is InChI=1S/C17H29F3N6/c1-4-21-16(22-6-8-24(2)13-17(18,19)20)26-7-5-14(12-26)9-15-10-23-25(3)11-15/h10-11,14H,4-9,12-13H2,1-3H3,(H,21,22). The summed E-state index contributed by atoms with van der Waals surface area (Å²) >= 11 is 0. The molecular formula is C17H29F3N6. The maximum atomic E-state index is 12.4.